The highest BCUT2D eigenvalue weighted by Crippen LogP contribution is 2.32. The second-order valence-electron chi connectivity index (χ2n) is 8.04. The SMILES string of the molecule is CC(C(=O)NC1COC1)n1cc(NC(=O)c2cnn3cccnc23)c(-c2cc(Cl)ccc2C=O)n1. The second kappa shape index (κ2) is 9.28. The lowest BCUT2D eigenvalue weighted by Crippen LogP contribution is -2.50. The Bertz CT molecular complexity index is 1440. The van der Waals surface area contributed by atoms with Gasteiger partial charge in [-0.3, -0.25) is 19.1 Å². The fourth-order valence-electron chi connectivity index (χ4n) is 3.65. The number of hydrogen-bond acceptors (Lipinski definition) is 7. The van der Waals surface area contributed by atoms with Crippen LogP contribution in [0, 0.1) is 0 Å². The Labute approximate surface area is 204 Å². The minimum atomic E-state index is -0.697. The van der Waals surface area contributed by atoms with E-state index in [-0.39, 0.29) is 17.5 Å². The average molecular weight is 494 g/mol. The molecule has 0 radical (unpaired) electrons. The van der Waals surface area contributed by atoms with E-state index < -0.39 is 11.9 Å². The van der Waals surface area contributed by atoms with Crippen molar-refractivity contribution in [3.05, 3.63) is 65.2 Å². The number of fused-ring (bicyclic) bond motifs is 1. The van der Waals surface area contributed by atoms with Crippen LogP contribution < -0.4 is 10.6 Å². The van der Waals surface area contributed by atoms with Gasteiger partial charge in [0.25, 0.3) is 5.91 Å². The number of anilines is 1. The maximum atomic E-state index is 13.2. The Hall–Kier alpha value is -4.09. The van der Waals surface area contributed by atoms with Gasteiger partial charge in [0.1, 0.15) is 17.3 Å². The Morgan fingerprint density at radius 1 is 1.31 bits per heavy atom. The molecule has 0 spiro atoms. The van der Waals surface area contributed by atoms with Gasteiger partial charge >= 0.3 is 0 Å². The Balaban J connectivity index is 1.53. The molecule has 2 amide bonds. The summed E-state index contributed by atoms with van der Waals surface area (Å²) < 4.78 is 8.02. The Kier molecular flexibility index (Phi) is 6.01. The number of carbonyl (C=O) groups excluding carboxylic acids is 3. The van der Waals surface area contributed by atoms with E-state index in [1.807, 2.05) is 0 Å². The molecular formula is C23H20ClN7O4. The third kappa shape index (κ3) is 4.38. The van der Waals surface area contributed by atoms with E-state index in [4.69, 9.17) is 16.3 Å². The minimum absolute atomic E-state index is 0.0446. The molecule has 12 heteroatoms. The highest BCUT2D eigenvalue weighted by atomic mass is 35.5. The predicted molar refractivity (Wildman–Crippen MR) is 126 cm³/mol. The van der Waals surface area contributed by atoms with E-state index >= 15 is 0 Å². The number of halogens is 1. The molecule has 0 saturated carbocycles. The average Bonchev–Trinajstić information content (AvgIpc) is 3.45. The zero-order valence-electron chi connectivity index (χ0n) is 18.5. The number of hydrogen-bond donors (Lipinski definition) is 2. The second-order valence-corrected chi connectivity index (χ2v) is 8.48. The molecule has 0 bridgehead atoms. The van der Waals surface area contributed by atoms with Crippen LogP contribution in [0.5, 0.6) is 0 Å². The molecule has 1 aliphatic heterocycles. The van der Waals surface area contributed by atoms with Gasteiger partial charge in [-0.05, 0) is 31.2 Å². The van der Waals surface area contributed by atoms with Crippen molar-refractivity contribution >= 4 is 41.0 Å². The Morgan fingerprint density at radius 3 is 2.89 bits per heavy atom. The largest absolute Gasteiger partial charge is 0.377 e. The van der Waals surface area contributed by atoms with Crippen LogP contribution in [0.25, 0.3) is 16.9 Å². The zero-order chi connectivity index (χ0) is 24.5. The molecule has 3 aromatic heterocycles. The third-order valence-electron chi connectivity index (χ3n) is 5.66. The number of benzene rings is 1. The molecule has 0 aliphatic carbocycles. The predicted octanol–water partition coefficient (Wildman–Crippen LogP) is 2.39. The fourth-order valence-corrected chi connectivity index (χ4v) is 3.83. The molecule has 1 saturated heterocycles. The lowest BCUT2D eigenvalue weighted by Gasteiger charge is -2.28. The van der Waals surface area contributed by atoms with Gasteiger partial charge < -0.3 is 15.4 Å². The number of rotatable bonds is 7. The molecule has 35 heavy (non-hydrogen) atoms. The maximum absolute atomic E-state index is 13.2. The molecule has 4 aromatic rings. The standard InChI is InChI=1S/C23H20ClN7O4/c1-13(22(33)27-16-11-35-12-16)31-9-19(20(29-31)17-7-15(24)4-3-14(17)10-32)28-23(34)18-8-26-30-6-2-5-25-21(18)30/h2-10,13,16H,11-12H2,1H3,(H,27,33)(H,28,34). The molecular weight excluding hydrogens is 474 g/mol. The molecule has 5 rings (SSSR count). The summed E-state index contributed by atoms with van der Waals surface area (Å²) >= 11 is 6.19. The number of amides is 2. The van der Waals surface area contributed by atoms with E-state index in [9.17, 15) is 14.4 Å². The van der Waals surface area contributed by atoms with Gasteiger partial charge in [0.15, 0.2) is 11.9 Å². The summed E-state index contributed by atoms with van der Waals surface area (Å²) in [5.41, 5.74) is 1.96. The van der Waals surface area contributed by atoms with Crippen LogP contribution in [0.2, 0.25) is 5.02 Å². The van der Waals surface area contributed by atoms with Gasteiger partial charge in [0, 0.05) is 28.5 Å². The third-order valence-corrected chi connectivity index (χ3v) is 5.90. The molecule has 2 N–H and O–H groups in total. The van der Waals surface area contributed by atoms with Gasteiger partial charge in [0.2, 0.25) is 5.91 Å². The highest BCUT2D eigenvalue weighted by molar-refractivity contribution is 6.31. The number of nitrogens with one attached hydrogen (secondary N) is 2. The number of nitrogens with zero attached hydrogens (tertiary/aromatic N) is 5. The van der Waals surface area contributed by atoms with Crippen molar-refractivity contribution in [2.45, 2.75) is 19.0 Å². The summed E-state index contributed by atoms with van der Waals surface area (Å²) in [5, 5.41) is 14.8. The van der Waals surface area contributed by atoms with Gasteiger partial charge in [-0.25, -0.2) is 9.50 Å². The number of ether oxygens (including phenoxy) is 1. The number of carbonyl (C=O) groups is 3. The lowest BCUT2D eigenvalue weighted by molar-refractivity contribution is -0.128. The van der Waals surface area contributed by atoms with E-state index in [1.54, 1.807) is 49.8 Å². The van der Waals surface area contributed by atoms with Gasteiger partial charge in [-0.1, -0.05) is 11.6 Å². The van der Waals surface area contributed by atoms with E-state index in [1.165, 1.54) is 15.4 Å². The first-order chi connectivity index (χ1) is 16.9. The summed E-state index contributed by atoms with van der Waals surface area (Å²) in [7, 11) is 0. The molecule has 1 unspecified atom stereocenters. The van der Waals surface area contributed by atoms with Gasteiger partial charge in [-0.2, -0.15) is 10.2 Å². The minimum Gasteiger partial charge on any atom is -0.377 e. The van der Waals surface area contributed by atoms with Gasteiger partial charge in [-0.15, -0.1) is 0 Å². The van der Waals surface area contributed by atoms with Crippen molar-refractivity contribution in [3.8, 4) is 11.3 Å². The molecule has 1 aliphatic rings. The zero-order valence-corrected chi connectivity index (χ0v) is 19.3. The van der Waals surface area contributed by atoms with E-state index in [0.717, 1.165) is 0 Å². The van der Waals surface area contributed by atoms with Crippen LogP contribution in [0.4, 0.5) is 5.69 Å². The Morgan fingerprint density at radius 2 is 2.14 bits per heavy atom. The monoisotopic (exact) mass is 493 g/mol. The lowest BCUT2D eigenvalue weighted by atomic mass is 10.0. The molecule has 4 heterocycles. The van der Waals surface area contributed by atoms with Gasteiger partial charge in [0.05, 0.1) is 37.3 Å². The maximum Gasteiger partial charge on any atom is 0.261 e. The topological polar surface area (TPSA) is 133 Å². The van der Waals surface area contributed by atoms with E-state index in [0.29, 0.717) is 52.7 Å². The van der Waals surface area contributed by atoms with Crippen LogP contribution in [-0.2, 0) is 9.53 Å². The van der Waals surface area contributed by atoms with Crippen LogP contribution in [0.3, 0.4) is 0 Å². The van der Waals surface area contributed by atoms with Crippen LogP contribution in [0.15, 0.2) is 49.1 Å². The van der Waals surface area contributed by atoms with Crippen LogP contribution in [-0.4, -0.2) is 61.7 Å². The molecule has 11 nitrogen and oxygen atoms in total. The molecule has 1 fully saturated rings. The first-order valence-electron chi connectivity index (χ1n) is 10.8. The van der Waals surface area contributed by atoms with Crippen molar-refractivity contribution in [2.75, 3.05) is 18.5 Å². The molecule has 1 atom stereocenters. The summed E-state index contributed by atoms with van der Waals surface area (Å²) in [5.74, 6) is -0.725. The summed E-state index contributed by atoms with van der Waals surface area (Å²) in [6, 6.07) is 5.70. The van der Waals surface area contributed by atoms with Crippen molar-refractivity contribution in [3.63, 3.8) is 0 Å². The van der Waals surface area contributed by atoms with Crippen LogP contribution in [0.1, 0.15) is 33.7 Å². The van der Waals surface area contributed by atoms with Crippen molar-refractivity contribution < 1.29 is 19.1 Å². The van der Waals surface area contributed by atoms with E-state index in [2.05, 4.69) is 25.8 Å². The highest BCUT2D eigenvalue weighted by Gasteiger charge is 2.27. The van der Waals surface area contributed by atoms with Crippen LogP contribution >= 0.6 is 11.6 Å². The normalized spacial score (nSPS) is 14.3. The quantitative estimate of drug-likeness (QED) is 0.378. The van der Waals surface area contributed by atoms with Crippen molar-refractivity contribution in [1.29, 1.82) is 0 Å². The fraction of sp³-hybridized carbons (Fsp3) is 0.217. The number of aromatic nitrogens is 5. The summed E-state index contributed by atoms with van der Waals surface area (Å²) in [6.45, 7) is 2.61. The first kappa shape index (κ1) is 22.7. The van der Waals surface area contributed by atoms with Crippen molar-refractivity contribution in [2.24, 2.45) is 0 Å². The summed E-state index contributed by atoms with van der Waals surface area (Å²) in [4.78, 5) is 41.8. The molecule has 178 valence electrons. The first-order valence-corrected chi connectivity index (χ1v) is 11.1. The summed E-state index contributed by atoms with van der Waals surface area (Å²) in [6.07, 6.45) is 6.88. The smallest absolute Gasteiger partial charge is 0.261 e. The molecule has 1 aromatic carbocycles. The number of aldehydes is 1. The van der Waals surface area contributed by atoms with Crippen molar-refractivity contribution in [1.82, 2.24) is 29.7 Å².